The van der Waals surface area contributed by atoms with Gasteiger partial charge in [0.15, 0.2) is 0 Å². The Kier molecular flexibility index (Phi) is 5.33. The lowest BCUT2D eigenvalue weighted by Crippen LogP contribution is -2.43. The lowest BCUT2D eigenvalue weighted by atomic mass is 10.2. The predicted molar refractivity (Wildman–Crippen MR) is 84.7 cm³/mol. The van der Waals surface area contributed by atoms with E-state index in [2.05, 4.69) is 10.3 Å². The number of carbonyl (C=O) groups excluding carboxylic acids is 1. The van der Waals surface area contributed by atoms with Crippen molar-refractivity contribution in [1.29, 1.82) is 0 Å². The number of hydrogen-bond acceptors (Lipinski definition) is 4. The summed E-state index contributed by atoms with van der Waals surface area (Å²) in [6.45, 7) is 5.83. The maximum absolute atomic E-state index is 12.0. The largest absolute Gasteiger partial charge is 0.489 e. The van der Waals surface area contributed by atoms with Crippen molar-refractivity contribution in [3.05, 3.63) is 46.4 Å². The smallest absolute Gasteiger partial charge is 0.226 e. The van der Waals surface area contributed by atoms with Crippen LogP contribution in [0, 0.1) is 6.92 Å². The molecule has 5 heteroatoms. The molecule has 2 rings (SSSR count). The van der Waals surface area contributed by atoms with Crippen molar-refractivity contribution in [2.45, 2.75) is 39.3 Å². The fourth-order valence-corrected chi connectivity index (χ4v) is 2.50. The Morgan fingerprint density at radius 2 is 2.05 bits per heavy atom. The lowest BCUT2D eigenvalue weighted by molar-refractivity contribution is -0.121. The van der Waals surface area contributed by atoms with E-state index in [1.807, 2.05) is 56.5 Å². The summed E-state index contributed by atoms with van der Waals surface area (Å²) < 4.78 is 5.80. The third-order valence-electron chi connectivity index (χ3n) is 3.17. The molecular weight excluding hydrogens is 284 g/mol. The molecule has 0 unspecified atom stereocenters. The molecule has 0 radical (unpaired) electrons. The Bertz CT molecular complexity index is 583. The van der Waals surface area contributed by atoms with E-state index in [0.717, 1.165) is 16.5 Å². The van der Waals surface area contributed by atoms with Crippen LogP contribution in [0.15, 0.2) is 35.7 Å². The van der Waals surface area contributed by atoms with E-state index in [9.17, 15) is 4.79 Å². The highest BCUT2D eigenvalue weighted by Crippen LogP contribution is 2.13. The number of hydrogen-bond donors (Lipinski definition) is 1. The Labute approximate surface area is 129 Å². The normalized spacial score (nSPS) is 13.5. The SMILES string of the molecule is Cc1nc(CC(=O)N[C@H](C)[C@@H](C)Oc2ccccc2)cs1. The highest BCUT2D eigenvalue weighted by molar-refractivity contribution is 7.09. The molecule has 0 aliphatic heterocycles. The van der Waals surface area contributed by atoms with Crippen LogP contribution in [-0.2, 0) is 11.2 Å². The predicted octanol–water partition coefficient (Wildman–Crippen LogP) is 2.97. The Morgan fingerprint density at radius 3 is 2.67 bits per heavy atom. The van der Waals surface area contributed by atoms with Crippen LogP contribution in [0.2, 0.25) is 0 Å². The molecule has 0 saturated carbocycles. The monoisotopic (exact) mass is 304 g/mol. The van der Waals surface area contributed by atoms with Crippen LogP contribution in [0.3, 0.4) is 0 Å². The van der Waals surface area contributed by atoms with Gasteiger partial charge in [-0.25, -0.2) is 4.98 Å². The van der Waals surface area contributed by atoms with Gasteiger partial charge in [0.1, 0.15) is 11.9 Å². The molecule has 0 fully saturated rings. The molecular formula is C16H20N2O2S. The Morgan fingerprint density at radius 1 is 1.33 bits per heavy atom. The van der Waals surface area contributed by atoms with Crippen molar-refractivity contribution in [3.8, 4) is 5.75 Å². The highest BCUT2D eigenvalue weighted by Gasteiger charge is 2.17. The number of aromatic nitrogens is 1. The second-order valence-corrected chi connectivity index (χ2v) is 6.09. The molecule has 1 N–H and O–H groups in total. The van der Waals surface area contributed by atoms with Crippen LogP contribution in [0.4, 0.5) is 0 Å². The highest BCUT2D eigenvalue weighted by atomic mass is 32.1. The topological polar surface area (TPSA) is 51.2 Å². The summed E-state index contributed by atoms with van der Waals surface area (Å²) in [5.74, 6) is 0.775. The molecule has 1 amide bonds. The van der Waals surface area contributed by atoms with E-state index in [1.165, 1.54) is 0 Å². The van der Waals surface area contributed by atoms with E-state index in [4.69, 9.17) is 4.74 Å². The first-order valence-electron chi connectivity index (χ1n) is 6.96. The van der Waals surface area contributed by atoms with Crippen LogP contribution >= 0.6 is 11.3 Å². The van der Waals surface area contributed by atoms with Gasteiger partial charge in [-0.3, -0.25) is 4.79 Å². The summed E-state index contributed by atoms with van der Waals surface area (Å²) in [5, 5.41) is 5.86. The number of nitrogens with zero attached hydrogens (tertiary/aromatic N) is 1. The van der Waals surface area contributed by atoms with Crippen LogP contribution < -0.4 is 10.1 Å². The minimum atomic E-state index is -0.103. The number of amides is 1. The van der Waals surface area contributed by atoms with E-state index >= 15 is 0 Å². The molecule has 1 aromatic heterocycles. The van der Waals surface area contributed by atoms with Crippen LogP contribution in [0.25, 0.3) is 0 Å². The molecule has 4 nitrogen and oxygen atoms in total. The molecule has 1 aromatic carbocycles. The average Bonchev–Trinajstić information content (AvgIpc) is 2.84. The van der Waals surface area contributed by atoms with Gasteiger partial charge in [0, 0.05) is 5.38 Å². The third-order valence-corrected chi connectivity index (χ3v) is 3.99. The number of aryl methyl sites for hydroxylation is 1. The first-order valence-corrected chi connectivity index (χ1v) is 7.84. The Balaban J connectivity index is 1.82. The number of ether oxygens (including phenoxy) is 1. The number of carbonyl (C=O) groups is 1. The van der Waals surface area contributed by atoms with Crippen molar-refractivity contribution in [3.63, 3.8) is 0 Å². The van der Waals surface area contributed by atoms with Crippen LogP contribution in [-0.4, -0.2) is 23.0 Å². The summed E-state index contributed by atoms with van der Waals surface area (Å²) in [5.41, 5.74) is 0.818. The maximum Gasteiger partial charge on any atom is 0.226 e. The average molecular weight is 304 g/mol. The van der Waals surface area contributed by atoms with Gasteiger partial charge in [-0.2, -0.15) is 0 Å². The maximum atomic E-state index is 12.0. The standard InChI is InChI=1S/C16H20N2O2S/c1-11(12(2)20-15-7-5-4-6-8-15)17-16(19)9-14-10-21-13(3)18-14/h4-8,10-12H,9H2,1-3H3,(H,17,19)/t11-,12-/m1/s1. The lowest BCUT2D eigenvalue weighted by Gasteiger charge is -2.22. The molecule has 0 bridgehead atoms. The quantitative estimate of drug-likeness (QED) is 0.892. The summed E-state index contributed by atoms with van der Waals surface area (Å²) in [4.78, 5) is 16.3. The second-order valence-electron chi connectivity index (χ2n) is 5.03. The van der Waals surface area contributed by atoms with Gasteiger partial charge in [-0.15, -0.1) is 11.3 Å². The molecule has 0 spiro atoms. The van der Waals surface area contributed by atoms with Crippen molar-refractivity contribution in [2.75, 3.05) is 0 Å². The Hall–Kier alpha value is -1.88. The second kappa shape index (κ2) is 7.22. The van der Waals surface area contributed by atoms with Crippen molar-refractivity contribution >= 4 is 17.2 Å². The summed E-state index contributed by atoms with van der Waals surface area (Å²) >= 11 is 1.56. The van der Waals surface area contributed by atoms with Crippen molar-refractivity contribution < 1.29 is 9.53 Å². The molecule has 0 saturated heterocycles. The van der Waals surface area contributed by atoms with Gasteiger partial charge in [-0.1, -0.05) is 18.2 Å². The van der Waals surface area contributed by atoms with Gasteiger partial charge < -0.3 is 10.1 Å². The van der Waals surface area contributed by atoms with Gasteiger partial charge in [-0.05, 0) is 32.9 Å². The van der Waals surface area contributed by atoms with E-state index in [1.54, 1.807) is 11.3 Å². The number of benzene rings is 1. The summed E-state index contributed by atoms with van der Waals surface area (Å²) in [7, 11) is 0. The first-order chi connectivity index (χ1) is 10.0. The first kappa shape index (κ1) is 15.5. The van der Waals surface area contributed by atoms with Crippen LogP contribution in [0.5, 0.6) is 5.75 Å². The molecule has 1 heterocycles. The molecule has 2 aromatic rings. The number of nitrogens with one attached hydrogen (secondary N) is 1. The van der Waals surface area contributed by atoms with Gasteiger partial charge in [0.25, 0.3) is 0 Å². The number of rotatable bonds is 6. The zero-order valence-electron chi connectivity index (χ0n) is 12.5. The molecule has 0 aliphatic rings. The fraction of sp³-hybridized carbons (Fsp3) is 0.375. The summed E-state index contributed by atoms with van der Waals surface area (Å²) in [6.07, 6.45) is 0.209. The van der Waals surface area contributed by atoms with E-state index in [0.29, 0.717) is 6.42 Å². The van der Waals surface area contributed by atoms with Gasteiger partial charge in [0.2, 0.25) is 5.91 Å². The zero-order chi connectivity index (χ0) is 15.2. The van der Waals surface area contributed by atoms with E-state index in [-0.39, 0.29) is 18.1 Å². The fourth-order valence-electron chi connectivity index (χ4n) is 1.89. The number of para-hydroxylation sites is 1. The van der Waals surface area contributed by atoms with Gasteiger partial charge in [0.05, 0.1) is 23.2 Å². The van der Waals surface area contributed by atoms with E-state index < -0.39 is 0 Å². The van der Waals surface area contributed by atoms with Gasteiger partial charge >= 0.3 is 0 Å². The van der Waals surface area contributed by atoms with Crippen molar-refractivity contribution in [1.82, 2.24) is 10.3 Å². The summed E-state index contributed by atoms with van der Waals surface area (Å²) in [6, 6.07) is 9.54. The minimum Gasteiger partial charge on any atom is -0.489 e. The zero-order valence-corrected chi connectivity index (χ0v) is 13.3. The minimum absolute atomic E-state index is 0.0312. The van der Waals surface area contributed by atoms with Crippen LogP contribution in [0.1, 0.15) is 24.5 Å². The number of thiazole rings is 1. The third kappa shape index (κ3) is 4.86. The molecule has 0 aliphatic carbocycles. The molecule has 21 heavy (non-hydrogen) atoms. The molecule has 2 atom stereocenters. The van der Waals surface area contributed by atoms with Crippen molar-refractivity contribution in [2.24, 2.45) is 0 Å². The molecule has 112 valence electrons.